The topological polar surface area (TPSA) is 105 Å². The Hall–Kier alpha value is -2.77. The van der Waals surface area contributed by atoms with E-state index in [-0.39, 0.29) is 26.1 Å². The van der Waals surface area contributed by atoms with E-state index in [0.29, 0.717) is 0 Å². The number of benzene rings is 1. The summed E-state index contributed by atoms with van der Waals surface area (Å²) in [4.78, 5) is 37.2. The van der Waals surface area contributed by atoms with Crippen molar-refractivity contribution in [2.45, 2.75) is 44.9 Å². The van der Waals surface area contributed by atoms with E-state index in [9.17, 15) is 19.5 Å². The van der Waals surface area contributed by atoms with Gasteiger partial charge in [-0.15, -0.1) is 0 Å². The van der Waals surface area contributed by atoms with Crippen molar-refractivity contribution in [3.63, 3.8) is 0 Å². The lowest BCUT2D eigenvalue weighted by molar-refractivity contribution is -0.144. The van der Waals surface area contributed by atoms with Crippen molar-refractivity contribution in [2.75, 3.05) is 13.1 Å². The van der Waals surface area contributed by atoms with Crippen LogP contribution in [0.5, 0.6) is 0 Å². The molecule has 1 fully saturated rings. The lowest BCUT2D eigenvalue weighted by atomic mass is 9.99. The van der Waals surface area contributed by atoms with Gasteiger partial charge in [0.05, 0.1) is 6.54 Å². The molecule has 0 aromatic heterocycles. The first-order chi connectivity index (χ1) is 12.1. The number of nitrogens with zero attached hydrogens (tertiary/aromatic N) is 1. The molecule has 1 aliphatic heterocycles. The summed E-state index contributed by atoms with van der Waals surface area (Å²) < 4.78 is 10.3. The van der Waals surface area contributed by atoms with Crippen LogP contribution in [0.1, 0.15) is 32.8 Å². The second kappa shape index (κ2) is 7.63. The van der Waals surface area contributed by atoms with Gasteiger partial charge in [-0.3, -0.25) is 0 Å². The molecule has 2 rings (SSSR count). The van der Waals surface area contributed by atoms with E-state index in [2.05, 4.69) is 5.32 Å². The van der Waals surface area contributed by atoms with Gasteiger partial charge in [0.2, 0.25) is 0 Å². The standard InChI is InChI=1S/C18H24N2O6/c1-17(2,3)26-16(24)20-10-9-18(12-20,14(21)22)19-15(23)25-11-13-7-5-4-6-8-13/h4-8H,9-12H2,1-3H3,(H,19,23)(H,21,22)/t18-/m1/s1. The third-order valence-electron chi connectivity index (χ3n) is 3.88. The van der Waals surface area contributed by atoms with Crippen molar-refractivity contribution < 1.29 is 29.0 Å². The maximum Gasteiger partial charge on any atom is 0.410 e. The number of amides is 2. The molecule has 2 N–H and O–H groups in total. The molecular weight excluding hydrogens is 340 g/mol. The van der Waals surface area contributed by atoms with Crippen molar-refractivity contribution in [1.82, 2.24) is 10.2 Å². The number of rotatable bonds is 4. The number of carboxylic acid groups (broad SMARTS) is 1. The van der Waals surface area contributed by atoms with Crippen LogP contribution in [-0.2, 0) is 20.9 Å². The fourth-order valence-corrected chi connectivity index (χ4v) is 2.58. The van der Waals surface area contributed by atoms with Crippen LogP contribution in [0.4, 0.5) is 9.59 Å². The van der Waals surface area contributed by atoms with Gasteiger partial charge in [-0.05, 0) is 26.3 Å². The molecule has 8 nitrogen and oxygen atoms in total. The van der Waals surface area contributed by atoms with Crippen molar-refractivity contribution >= 4 is 18.2 Å². The number of hydrogen-bond acceptors (Lipinski definition) is 5. The van der Waals surface area contributed by atoms with Crippen LogP contribution < -0.4 is 5.32 Å². The molecule has 0 unspecified atom stereocenters. The van der Waals surface area contributed by atoms with Crippen LogP contribution in [0.3, 0.4) is 0 Å². The lowest BCUT2D eigenvalue weighted by Gasteiger charge is -2.27. The number of hydrogen-bond donors (Lipinski definition) is 2. The predicted molar refractivity (Wildman–Crippen MR) is 92.6 cm³/mol. The molecule has 1 saturated heterocycles. The summed E-state index contributed by atoms with van der Waals surface area (Å²) in [6.45, 7) is 5.19. The Balaban J connectivity index is 1.96. The highest BCUT2D eigenvalue weighted by Gasteiger charge is 2.48. The summed E-state index contributed by atoms with van der Waals surface area (Å²) in [5.74, 6) is -1.22. The first-order valence-corrected chi connectivity index (χ1v) is 8.31. The first-order valence-electron chi connectivity index (χ1n) is 8.31. The van der Waals surface area contributed by atoms with Gasteiger partial charge in [0, 0.05) is 13.0 Å². The van der Waals surface area contributed by atoms with E-state index in [1.807, 2.05) is 18.2 Å². The average molecular weight is 364 g/mol. The Labute approximate surface area is 152 Å². The second-order valence-electron chi connectivity index (χ2n) is 7.23. The molecule has 0 radical (unpaired) electrons. The zero-order chi connectivity index (χ0) is 19.4. The number of nitrogens with one attached hydrogen (secondary N) is 1. The fourth-order valence-electron chi connectivity index (χ4n) is 2.58. The maximum atomic E-state index is 12.1. The second-order valence-corrected chi connectivity index (χ2v) is 7.23. The van der Waals surface area contributed by atoms with E-state index in [1.165, 1.54) is 4.90 Å². The van der Waals surface area contributed by atoms with Gasteiger partial charge < -0.3 is 24.8 Å². The largest absolute Gasteiger partial charge is 0.479 e. The highest BCUT2D eigenvalue weighted by atomic mass is 16.6. The number of carboxylic acids is 1. The molecule has 2 amide bonds. The molecular formula is C18H24N2O6. The summed E-state index contributed by atoms with van der Waals surface area (Å²) in [6.07, 6.45) is -1.38. The van der Waals surface area contributed by atoms with Gasteiger partial charge >= 0.3 is 18.2 Å². The molecule has 0 spiro atoms. The normalized spacial score (nSPS) is 19.7. The van der Waals surface area contributed by atoms with Gasteiger partial charge in [0.25, 0.3) is 0 Å². The SMILES string of the molecule is CC(C)(C)OC(=O)N1CC[C@](NC(=O)OCc2ccccc2)(C(=O)O)C1. The molecule has 8 heteroatoms. The molecule has 1 atom stereocenters. The van der Waals surface area contributed by atoms with Gasteiger partial charge in [-0.25, -0.2) is 14.4 Å². The molecule has 0 aliphatic carbocycles. The first kappa shape index (κ1) is 19.6. The minimum atomic E-state index is -1.59. The van der Waals surface area contributed by atoms with Crippen molar-refractivity contribution in [3.8, 4) is 0 Å². The predicted octanol–water partition coefficient (Wildman–Crippen LogP) is 2.38. The summed E-state index contributed by atoms with van der Waals surface area (Å²) in [6, 6.07) is 9.04. The smallest absolute Gasteiger partial charge is 0.410 e. The number of likely N-dealkylation sites (tertiary alicyclic amines) is 1. The van der Waals surface area contributed by atoms with Crippen molar-refractivity contribution in [3.05, 3.63) is 35.9 Å². The van der Waals surface area contributed by atoms with E-state index >= 15 is 0 Å². The van der Waals surface area contributed by atoms with Crippen molar-refractivity contribution in [2.24, 2.45) is 0 Å². The molecule has 1 heterocycles. The third-order valence-corrected chi connectivity index (χ3v) is 3.88. The third kappa shape index (κ3) is 5.11. The van der Waals surface area contributed by atoms with Crippen LogP contribution in [0.25, 0.3) is 0 Å². The van der Waals surface area contributed by atoms with Crippen LogP contribution in [0.2, 0.25) is 0 Å². The Morgan fingerprint density at radius 2 is 1.88 bits per heavy atom. The molecule has 142 valence electrons. The number of carbonyl (C=O) groups excluding carboxylic acids is 2. The van der Waals surface area contributed by atoms with Gasteiger partial charge in [-0.1, -0.05) is 30.3 Å². The molecule has 1 aliphatic rings. The Morgan fingerprint density at radius 3 is 2.46 bits per heavy atom. The summed E-state index contributed by atoms with van der Waals surface area (Å²) in [7, 11) is 0. The minimum Gasteiger partial charge on any atom is -0.479 e. The molecule has 26 heavy (non-hydrogen) atoms. The Kier molecular flexibility index (Phi) is 5.74. The highest BCUT2D eigenvalue weighted by molar-refractivity contribution is 5.86. The van der Waals surface area contributed by atoms with E-state index in [0.717, 1.165) is 5.56 Å². The summed E-state index contributed by atoms with van der Waals surface area (Å²) in [5, 5.41) is 12.0. The number of alkyl carbamates (subject to hydrolysis) is 1. The molecule has 0 bridgehead atoms. The molecule has 1 aromatic carbocycles. The quantitative estimate of drug-likeness (QED) is 0.850. The Morgan fingerprint density at radius 1 is 1.23 bits per heavy atom. The summed E-state index contributed by atoms with van der Waals surface area (Å²) >= 11 is 0. The van der Waals surface area contributed by atoms with Gasteiger partial charge in [0.15, 0.2) is 5.54 Å². The van der Waals surface area contributed by atoms with E-state index in [4.69, 9.17) is 9.47 Å². The zero-order valence-corrected chi connectivity index (χ0v) is 15.2. The van der Waals surface area contributed by atoms with Crippen LogP contribution >= 0.6 is 0 Å². The fraction of sp³-hybridized carbons (Fsp3) is 0.500. The maximum absolute atomic E-state index is 12.1. The van der Waals surface area contributed by atoms with Gasteiger partial charge in [0.1, 0.15) is 12.2 Å². The molecule has 1 aromatic rings. The monoisotopic (exact) mass is 364 g/mol. The number of ether oxygens (including phenoxy) is 2. The van der Waals surface area contributed by atoms with E-state index < -0.39 is 29.3 Å². The Bertz CT molecular complexity index is 670. The molecule has 0 saturated carbocycles. The number of aliphatic carboxylic acids is 1. The lowest BCUT2D eigenvalue weighted by Crippen LogP contribution is -2.56. The van der Waals surface area contributed by atoms with Gasteiger partial charge in [-0.2, -0.15) is 0 Å². The number of carbonyl (C=O) groups is 3. The summed E-state index contributed by atoms with van der Waals surface area (Å²) in [5.41, 5.74) is -1.49. The van der Waals surface area contributed by atoms with E-state index in [1.54, 1.807) is 32.9 Å². The van der Waals surface area contributed by atoms with Crippen LogP contribution in [0, 0.1) is 0 Å². The average Bonchev–Trinajstić information content (AvgIpc) is 2.98. The van der Waals surface area contributed by atoms with Crippen LogP contribution in [0.15, 0.2) is 30.3 Å². The van der Waals surface area contributed by atoms with Crippen LogP contribution in [-0.4, -0.2) is 52.4 Å². The minimum absolute atomic E-state index is 0.0259. The van der Waals surface area contributed by atoms with Crippen molar-refractivity contribution in [1.29, 1.82) is 0 Å². The zero-order valence-electron chi connectivity index (χ0n) is 15.2. The highest BCUT2D eigenvalue weighted by Crippen LogP contribution is 2.24.